The zero-order valence-corrected chi connectivity index (χ0v) is 16.8. The average molecular weight is 411 g/mol. The molecule has 3 aromatic carbocycles. The van der Waals surface area contributed by atoms with Crippen LogP contribution in [0.2, 0.25) is 0 Å². The van der Waals surface area contributed by atoms with Gasteiger partial charge < -0.3 is 4.90 Å². The first-order chi connectivity index (χ1) is 14.3. The highest BCUT2D eigenvalue weighted by Crippen LogP contribution is 2.42. The third kappa shape index (κ3) is 3.17. The number of nitriles is 1. The fraction of sp³-hybridized carbons (Fsp3) is 0. The van der Waals surface area contributed by atoms with Gasteiger partial charge in [0.2, 0.25) is 0 Å². The van der Waals surface area contributed by atoms with Crippen LogP contribution in [-0.4, -0.2) is 8.75 Å². The van der Waals surface area contributed by atoms with Crippen molar-refractivity contribution < 1.29 is 0 Å². The molecule has 0 aliphatic heterocycles. The van der Waals surface area contributed by atoms with Gasteiger partial charge in [-0.25, -0.2) is 0 Å². The summed E-state index contributed by atoms with van der Waals surface area (Å²) in [5.41, 5.74) is 5.23. The highest BCUT2D eigenvalue weighted by Gasteiger charge is 2.17. The van der Waals surface area contributed by atoms with E-state index in [4.69, 9.17) is 0 Å². The van der Waals surface area contributed by atoms with E-state index in [0.717, 1.165) is 44.1 Å². The Bertz CT molecular complexity index is 1280. The molecule has 6 heteroatoms. The average Bonchev–Trinajstić information content (AvgIpc) is 3.45. The topological polar surface area (TPSA) is 52.8 Å². The van der Waals surface area contributed by atoms with Crippen molar-refractivity contribution in [2.45, 2.75) is 0 Å². The summed E-state index contributed by atoms with van der Waals surface area (Å²) in [6.45, 7) is 0. The lowest BCUT2D eigenvalue weighted by Gasteiger charge is -2.23. The maximum absolute atomic E-state index is 9.33. The van der Waals surface area contributed by atoms with Crippen LogP contribution in [-0.2, 0) is 0 Å². The van der Waals surface area contributed by atoms with Gasteiger partial charge in [-0.1, -0.05) is 36.4 Å². The molecule has 0 aliphatic carbocycles. The Balaban J connectivity index is 1.63. The van der Waals surface area contributed by atoms with Crippen molar-refractivity contribution in [2.24, 2.45) is 0 Å². The van der Waals surface area contributed by atoms with Crippen LogP contribution in [0, 0.1) is 11.3 Å². The lowest BCUT2D eigenvalue weighted by atomic mass is 10.1. The number of nitrogens with zero attached hydrogens (tertiary/aromatic N) is 4. The van der Waals surface area contributed by atoms with Crippen molar-refractivity contribution in [2.75, 3.05) is 4.90 Å². The molecule has 2 aromatic heterocycles. The fourth-order valence-electron chi connectivity index (χ4n) is 3.31. The van der Waals surface area contributed by atoms with E-state index in [1.54, 1.807) is 11.3 Å². The summed E-state index contributed by atoms with van der Waals surface area (Å²) in [5.74, 6) is 0. The van der Waals surface area contributed by atoms with Crippen molar-refractivity contribution in [1.82, 2.24) is 8.75 Å². The molecular formula is C23H14N4S2. The van der Waals surface area contributed by atoms with Gasteiger partial charge in [-0.15, -0.1) is 11.3 Å². The number of hydrogen-bond acceptors (Lipinski definition) is 6. The predicted octanol–water partition coefficient (Wildman–Crippen LogP) is 6.76. The van der Waals surface area contributed by atoms with Gasteiger partial charge in [0.15, 0.2) is 0 Å². The number of anilines is 3. The molecule has 0 saturated heterocycles. The highest BCUT2D eigenvalue weighted by atomic mass is 32.1. The number of aromatic nitrogens is 2. The highest BCUT2D eigenvalue weighted by molar-refractivity contribution is 7.19. The second-order valence-corrected chi connectivity index (χ2v) is 7.97. The summed E-state index contributed by atoms with van der Waals surface area (Å²) in [5, 5.41) is 10.4. The third-order valence-electron chi connectivity index (χ3n) is 4.64. The molecule has 0 aliphatic rings. The maximum Gasteiger partial charge on any atom is 0.123 e. The molecule has 138 valence electrons. The number of rotatable bonds is 4. The van der Waals surface area contributed by atoms with Crippen LogP contribution in [0.15, 0.2) is 84.9 Å². The molecule has 5 aromatic rings. The summed E-state index contributed by atoms with van der Waals surface area (Å²) in [6.07, 6.45) is 0. The van der Waals surface area contributed by atoms with Crippen molar-refractivity contribution in [3.8, 4) is 16.5 Å². The van der Waals surface area contributed by atoms with Gasteiger partial charge in [0.25, 0.3) is 0 Å². The van der Waals surface area contributed by atoms with Crippen molar-refractivity contribution in [3.63, 3.8) is 0 Å². The number of fused-ring (bicyclic) bond motifs is 1. The molecule has 29 heavy (non-hydrogen) atoms. The summed E-state index contributed by atoms with van der Waals surface area (Å²) in [6, 6.07) is 30.9. The van der Waals surface area contributed by atoms with Crippen LogP contribution in [0.4, 0.5) is 16.4 Å². The molecule has 4 nitrogen and oxygen atoms in total. The predicted molar refractivity (Wildman–Crippen MR) is 120 cm³/mol. The van der Waals surface area contributed by atoms with Gasteiger partial charge in [0.1, 0.15) is 22.1 Å². The number of thiophene rings is 1. The Kier molecular flexibility index (Phi) is 4.53. The Morgan fingerprint density at radius 3 is 2.03 bits per heavy atom. The van der Waals surface area contributed by atoms with Gasteiger partial charge in [-0.2, -0.15) is 14.0 Å². The van der Waals surface area contributed by atoms with Crippen LogP contribution in [0.1, 0.15) is 5.56 Å². The second-order valence-electron chi connectivity index (χ2n) is 6.38. The quantitative estimate of drug-likeness (QED) is 0.328. The minimum atomic E-state index is 0.560. The molecule has 0 bridgehead atoms. The van der Waals surface area contributed by atoms with Crippen molar-refractivity contribution in [1.29, 1.82) is 5.26 Å². The van der Waals surface area contributed by atoms with Gasteiger partial charge in [-0.3, -0.25) is 0 Å². The Hall–Kier alpha value is -3.53. The molecule has 2 heterocycles. The van der Waals surface area contributed by atoms with Crippen LogP contribution in [0.3, 0.4) is 0 Å². The first-order valence-electron chi connectivity index (χ1n) is 9.01. The number of benzene rings is 3. The normalized spacial score (nSPS) is 10.7. The van der Waals surface area contributed by atoms with Crippen molar-refractivity contribution >= 4 is 50.5 Å². The molecule has 5 rings (SSSR count). The molecule has 0 saturated carbocycles. The summed E-state index contributed by atoms with van der Waals surface area (Å²) < 4.78 is 8.76. The molecule has 0 spiro atoms. The minimum Gasteiger partial charge on any atom is -0.302 e. The zero-order valence-electron chi connectivity index (χ0n) is 15.2. The first kappa shape index (κ1) is 17.6. The van der Waals surface area contributed by atoms with E-state index in [1.807, 2.05) is 48.5 Å². The molecule has 0 fully saturated rings. The maximum atomic E-state index is 9.33. The van der Waals surface area contributed by atoms with Crippen LogP contribution >= 0.6 is 23.1 Å². The van der Waals surface area contributed by atoms with Crippen LogP contribution in [0.5, 0.6) is 0 Å². The molecule has 0 amide bonds. The fourth-order valence-corrected chi connectivity index (χ4v) is 4.95. The van der Waals surface area contributed by atoms with E-state index >= 15 is 0 Å². The smallest absolute Gasteiger partial charge is 0.123 e. The molecule has 0 N–H and O–H groups in total. The monoisotopic (exact) mass is 410 g/mol. The first-order valence-corrected chi connectivity index (χ1v) is 10.6. The van der Waals surface area contributed by atoms with Gasteiger partial charge in [0.05, 0.1) is 17.3 Å². The lowest BCUT2D eigenvalue weighted by Crippen LogP contribution is -2.07. The largest absolute Gasteiger partial charge is 0.302 e. The van der Waals surface area contributed by atoms with Crippen LogP contribution in [0.25, 0.3) is 21.5 Å². The molecular weight excluding hydrogens is 396 g/mol. The Morgan fingerprint density at radius 1 is 0.724 bits per heavy atom. The van der Waals surface area contributed by atoms with Crippen molar-refractivity contribution in [3.05, 3.63) is 90.5 Å². The summed E-state index contributed by atoms with van der Waals surface area (Å²) >= 11 is 2.84. The van der Waals surface area contributed by atoms with E-state index in [2.05, 4.69) is 56.1 Å². The SMILES string of the molecule is N#Cc1ccc(-c2ccc(N(c3ccccc3)c3ccccc3)s2)c2nsnc12. The van der Waals surface area contributed by atoms with E-state index in [-0.39, 0.29) is 0 Å². The van der Waals surface area contributed by atoms with Gasteiger partial charge in [0, 0.05) is 21.8 Å². The van der Waals surface area contributed by atoms with E-state index in [0.29, 0.717) is 11.1 Å². The van der Waals surface area contributed by atoms with Gasteiger partial charge >= 0.3 is 0 Å². The minimum absolute atomic E-state index is 0.560. The van der Waals surface area contributed by atoms with E-state index < -0.39 is 0 Å². The Labute approximate surface area is 176 Å². The standard InChI is InChI=1S/C23H14N4S2/c24-15-16-11-12-19(23-22(16)25-29-26-23)20-13-14-21(28-20)27(17-7-3-1-4-8-17)18-9-5-2-6-10-18/h1-14H. The molecule has 0 atom stereocenters. The third-order valence-corrected chi connectivity index (χ3v) is 6.27. The van der Waals surface area contributed by atoms with E-state index in [1.165, 1.54) is 0 Å². The zero-order chi connectivity index (χ0) is 19.6. The molecule has 0 unspecified atom stereocenters. The van der Waals surface area contributed by atoms with E-state index in [9.17, 15) is 5.26 Å². The lowest BCUT2D eigenvalue weighted by molar-refractivity contribution is 1.32. The second kappa shape index (κ2) is 7.47. The van der Waals surface area contributed by atoms with Crippen LogP contribution < -0.4 is 4.90 Å². The number of hydrogen-bond donors (Lipinski definition) is 0. The molecule has 0 radical (unpaired) electrons. The Morgan fingerprint density at radius 2 is 1.38 bits per heavy atom. The summed E-state index contributed by atoms with van der Waals surface area (Å²) in [4.78, 5) is 3.34. The number of para-hydroxylation sites is 2. The van der Waals surface area contributed by atoms with Gasteiger partial charge in [-0.05, 0) is 48.5 Å². The summed E-state index contributed by atoms with van der Waals surface area (Å²) in [7, 11) is 0.